The number of aliphatic hydroxyl groups excluding tert-OH is 3. The summed E-state index contributed by atoms with van der Waals surface area (Å²) in [4.78, 5) is 4.07. The molecule has 0 fully saturated rings. The van der Waals surface area contributed by atoms with E-state index < -0.39 is 18.8 Å². The van der Waals surface area contributed by atoms with Crippen LogP contribution in [0.5, 0.6) is 0 Å². The highest BCUT2D eigenvalue weighted by Gasteiger charge is 2.18. The van der Waals surface area contributed by atoms with Crippen LogP contribution in [0.3, 0.4) is 0 Å². The molecule has 16 heavy (non-hydrogen) atoms. The van der Waals surface area contributed by atoms with Crippen LogP contribution in [0.1, 0.15) is 11.7 Å². The van der Waals surface area contributed by atoms with Crippen molar-refractivity contribution in [3.05, 3.63) is 28.2 Å². The molecule has 2 aromatic rings. The van der Waals surface area contributed by atoms with E-state index in [0.29, 0.717) is 10.0 Å². The Bertz CT molecular complexity index is 502. The minimum Gasteiger partial charge on any atom is -0.394 e. The van der Waals surface area contributed by atoms with Gasteiger partial charge in [-0.1, -0.05) is 17.7 Å². The number of benzene rings is 1. The van der Waals surface area contributed by atoms with Gasteiger partial charge in [-0.3, -0.25) is 0 Å². The standard InChI is InChI=1S/C10H10ClNO3S/c11-10-12-6-2-1-5(3-8(6)16-10)9(15)7(14)4-13/h1-3,7,9,13-15H,4H2. The number of rotatable bonds is 3. The van der Waals surface area contributed by atoms with E-state index in [1.165, 1.54) is 11.3 Å². The van der Waals surface area contributed by atoms with Crippen molar-refractivity contribution in [3.8, 4) is 0 Å². The average Bonchev–Trinajstić information content (AvgIpc) is 2.65. The molecule has 0 bridgehead atoms. The lowest BCUT2D eigenvalue weighted by atomic mass is 10.0. The van der Waals surface area contributed by atoms with Gasteiger partial charge in [-0.15, -0.1) is 11.3 Å². The summed E-state index contributed by atoms with van der Waals surface area (Å²) in [5.74, 6) is 0. The van der Waals surface area contributed by atoms with Crippen molar-refractivity contribution in [2.75, 3.05) is 6.61 Å². The van der Waals surface area contributed by atoms with Gasteiger partial charge < -0.3 is 15.3 Å². The van der Waals surface area contributed by atoms with Crippen LogP contribution in [0.15, 0.2) is 18.2 Å². The van der Waals surface area contributed by atoms with Gasteiger partial charge in [0.2, 0.25) is 0 Å². The third kappa shape index (κ3) is 2.18. The quantitative estimate of drug-likeness (QED) is 0.778. The van der Waals surface area contributed by atoms with Crippen LogP contribution in [-0.4, -0.2) is 33.0 Å². The van der Waals surface area contributed by atoms with Gasteiger partial charge in [0.25, 0.3) is 0 Å². The van der Waals surface area contributed by atoms with Crippen LogP contribution in [-0.2, 0) is 0 Å². The fourth-order valence-corrected chi connectivity index (χ4v) is 2.50. The summed E-state index contributed by atoms with van der Waals surface area (Å²) in [7, 11) is 0. The highest BCUT2D eigenvalue weighted by Crippen LogP contribution is 2.28. The van der Waals surface area contributed by atoms with E-state index in [0.717, 1.165) is 10.2 Å². The first-order valence-electron chi connectivity index (χ1n) is 4.65. The molecule has 1 aromatic heterocycles. The van der Waals surface area contributed by atoms with E-state index in [-0.39, 0.29) is 0 Å². The highest BCUT2D eigenvalue weighted by atomic mass is 35.5. The third-order valence-electron chi connectivity index (χ3n) is 2.28. The molecule has 1 heterocycles. The number of fused-ring (bicyclic) bond motifs is 1. The van der Waals surface area contributed by atoms with E-state index >= 15 is 0 Å². The van der Waals surface area contributed by atoms with Crippen LogP contribution in [0.25, 0.3) is 10.2 Å². The molecule has 0 aliphatic rings. The monoisotopic (exact) mass is 259 g/mol. The molecule has 86 valence electrons. The summed E-state index contributed by atoms with van der Waals surface area (Å²) in [6.45, 7) is -0.483. The molecule has 3 N–H and O–H groups in total. The third-order valence-corrected chi connectivity index (χ3v) is 3.40. The Hall–Kier alpha value is -0.720. The first-order chi connectivity index (χ1) is 7.61. The molecule has 0 spiro atoms. The number of thiazole rings is 1. The Balaban J connectivity index is 2.38. The van der Waals surface area contributed by atoms with Crippen LogP contribution < -0.4 is 0 Å². The highest BCUT2D eigenvalue weighted by molar-refractivity contribution is 7.22. The Morgan fingerprint density at radius 3 is 2.81 bits per heavy atom. The largest absolute Gasteiger partial charge is 0.394 e. The molecular formula is C10H10ClNO3S. The summed E-state index contributed by atoms with van der Waals surface area (Å²) in [5.41, 5.74) is 1.29. The molecule has 2 unspecified atom stereocenters. The topological polar surface area (TPSA) is 73.6 Å². The zero-order valence-electron chi connectivity index (χ0n) is 8.17. The van der Waals surface area contributed by atoms with Gasteiger partial charge in [0, 0.05) is 0 Å². The first kappa shape index (κ1) is 11.8. The predicted molar refractivity (Wildman–Crippen MR) is 62.7 cm³/mol. The maximum atomic E-state index is 9.70. The molecule has 0 saturated heterocycles. The van der Waals surface area contributed by atoms with Gasteiger partial charge in [-0.25, -0.2) is 4.98 Å². The Morgan fingerprint density at radius 1 is 1.38 bits per heavy atom. The summed E-state index contributed by atoms with van der Waals surface area (Å²) in [6, 6.07) is 5.09. The predicted octanol–water partition coefficient (Wildman–Crippen LogP) is 1.34. The fourth-order valence-electron chi connectivity index (χ4n) is 1.42. The maximum Gasteiger partial charge on any atom is 0.184 e. The molecule has 4 nitrogen and oxygen atoms in total. The molecule has 0 amide bonds. The van der Waals surface area contributed by atoms with E-state index in [9.17, 15) is 10.2 Å². The summed E-state index contributed by atoms with van der Waals surface area (Å²) >= 11 is 7.06. The van der Waals surface area contributed by atoms with Crippen molar-refractivity contribution in [1.82, 2.24) is 4.98 Å². The lowest BCUT2D eigenvalue weighted by molar-refractivity contribution is -0.0151. The van der Waals surface area contributed by atoms with E-state index in [1.54, 1.807) is 18.2 Å². The van der Waals surface area contributed by atoms with Crippen LogP contribution in [0.4, 0.5) is 0 Å². The van der Waals surface area contributed by atoms with Gasteiger partial charge in [-0.05, 0) is 17.7 Å². The second-order valence-electron chi connectivity index (χ2n) is 3.39. The second-order valence-corrected chi connectivity index (χ2v) is 5.00. The SMILES string of the molecule is OCC(O)C(O)c1ccc2nc(Cl)sc2c1. The van der Waals surface area contributed by atoms with Crippen molar-refractivity contribution >= 4 is 33.2 Å². The summed E-state index contributed by atoms with van der Waals surface area (Å²) in [5, 5.41) is 27.8. The van der Waals surface area contributed by atoms with E-state index in [2.05, 4.69) is 4.98 Å². The second kappa shape index (κ2) is 4.65. The minimum absolute atomic E-state index is 0.435. The van der Waals surface area contributed by atoms with Crippen LogP contribution >= 0.6 is 22.9 Å². The van der Waals surface area contributed by atoms with Gasteiger partial charge in [0.05, 0.1) is 16.8 Å². The summed E-state index contributed by atoms with van der Waals surface area (Å²) in [6.07, 6.45) is -2.28. The maximum absolute atomic E-state index is 9.70. The molecule has 0 aliphatic heterocycles. The number of nitrogens with zero attached hydrogens (tertiary/aromatic N) is 1. The van der Waals surface area contributed by atoms with Crippen LogP contribution in [0, 0.1) is 0 Å². The van der Waals surface area contributed by atoms with Gasteiger partial charge in [-0.2, -0.15) is 0 Å². The summed E-state index contributed by atoms with van der Waals surface area (Å²) < 4.78 is 1.27. The molecule has 0 aliphatic carbocycles. The van der Waals surface area contributed by atoms with Crippen LogP contribution in [0.2, 0.25) is 4.47 Å². The van der Waals surface area contributed by atoms with E-state index in [1.807, 2.05) is 0 Å². The number of halogens is 1. The number of aliphatic hydroxyl groups is 3. The van der Waals surface area contributed by atoms with Crippen molar-refractivity contribution < 1.29 is 15.3 Å². The molecular weight excluding hydrogens is 250 g/mol. The normalized spacial score (nSPS) is 15.2. The Morgan fingerprint density at radius 2 is 2.12 bits per heavy atom. The van der Waals surface area contributed by atoms with E-state index in [4.69, 9.17) is 16.7 Å². The average molecular weight is 260 g/mol. The molecule has 1 aromatic carbocycles. The fraction of sp³-hybridized carbons (Fsp3) is 0.300. The van der Waals surface area contributed by atoms with Crippen molar-refractivity contribution in [3.63, 3.8) is 0 Å². The number of hydrogen-bond donors (Lipinski definition) is 3. The first-order valence-corrected chi connectivity index (χ1v) is 5.84. The van der Waals surface area contributed by atoms with Crippen molar-refractivity contribution in [2.24, 2.45) is 0 Å². The molecule has 6 heteroatoms. The molecule has 2 rings (SSSR count). The lowest BCUT2D eigenvalue weighted by Gasteiger charge is -2.15. The van der Waals surface area contributed by atoms with Gasteiger partial charge in [0.15, 0.2) is 4.47 Å². The minimum atomic E-state index is -1.18. The number of hydrogen-bond acceptors (Lipinski definition) is 5. The van der Waals surface area contributed by atoms with Gasteiger partial charge >= 0.3 is 0 Å². The van der Waals surface area contributed by atoms with Crippen molar-refractivity contribution in [1.29, 1.82) is 0 Å². The zero-order valence-corrected chi connectivity index (χ0v) is 9.74. The molecule has 0 radical (unpaired) electrons. The Kier molecular flexibility index (Phi) is 3.41. The van der Waals surface area contributed by atoms with Crippen molar-refractivity contribution in [2.45, 2.75) is 12.2 Å². The smallest absolute Gasteiger partial charge is 0.184 e. The lowest BCUT2D eigenvalue weighted by Crippen LogP contribution is -2.21. The number of aromatic nitrogens is 1. The van der Waals surface area contributed by atoms with Gasteiger partial charge in [0.1, 0.15) is 12.2 Å². The Labute approximate surface area is 101 Å². The molecule has 0 saturated carbocycles. The molecule has 2 atom stereocenters. The zero-order chi connectivity index (χ0) is 11.7.